The van der Waals surface area contributed by atoms with E-state index in [0.717, 1.165) is 22.0 Å². The molecule has 0 saturated heterocycles. The van der Waals surface area contributed by atoms with Crippen LogP contribution in [0.5, 0.6) is 0 Å². The SMILES string of the molecule is CC.Cc1cnn2ccc3ccoc3c12. The number of furan rings is 1. The topological polar surface area (TPSA) is 30.4 Å². The largest absolute Gasteiger partial charge is 0.462 e. The molecule has 3 heteroatoms. The van der Waals surface area contributed by atoms with Crippen molar-refractivity contribution in [3.8, 4) is 0 Å². The molecule has 3 rings (SSSR count). The van der Waals surface area contributed by atoms with Crippen molar-refractivity contribution in [1.82, 2.24) is 9.61 Å². The lowest BCUT2D eigenvalue weighted by Gasteiger charge is -1.94. The molecular formula is C12H14N2O. The molecule has 15 heavy (non-hydrogen) atoms. The first kappa shape index (κ1) is 9.77. The maximum absolute atomic E-state index is 5.41. The van der Waals surface area contributed by atoms with Crippen LogP contribution in [0, 0.1) is 6.92 Å². The van der Waals surface area contributed by atoms with Gasteiger partial charge in [-0.15, -0.1) is 0 Å². The molecule has 0 N–H and O–H groups in total. The van der Waals surface area contributed by atoms with Gasteiger partial charge in [-0.25, -0.2) is 4.52 Å². The fraction of sp³-hybridized carbons (Fsp3) is 0.250. The number of fused-ring (bicyclic) bond motifs is 3. The first-order valence-corrected chi connectivity index (χ1v) is 5.16. The summed E-state index contributed by atoms with van der Waals surface area (Å²) < 4.78 is 7.24. The van der Waals surface area contributed by atoms with E-state index in [1.807, 2.05) is 49.8 Å². The van der Waals surface area contributed by atoms with Crippen LogP contribution in [0.25, 0.3) is 16.5 Å². The van der Waals surface area contributed by atoms with Gasteiger partial charge >= 0.3 is 0 Å². The maximum atomic E-state index is 5.41. The zero-order chi connectivity index (χ0) is 10.8. The summed E-state index contributed by atoms with van der Waals surface area (Å²) in [5.74, 6) is 0. The lowest BCUT2D eigenvalue weighted by molar-refractivity contribution is 0.617. The molecule has 0 atom stereocenters. The zero-order valence-electron chi connectivity index (χ0n) is 9.19. The highest BCUT2D eigenvalue weighted by molar-refractivity contribution is 5.92. The van der Waals surface area contributed by atoms with Gasteiger partial charge in [-0.3, -0.25) is 0 Å². The van der Waals surface area contributed by atoms with Gasteiger partial charge in [-0.2, -0.15) is 5.10 Å². The first-order chi connectivity index (χ1) is 7.36. The summed E-state index contributed by atoms with van der Waals surface area (Å²) in [6.45, 7) is 6.03. The Labute approximate surface area is 88.3 Å². The molecule has 0 radical (unpaired) electrons. The van der Waals surface area contributed by atoms with Crippen molar-refractivity contribution in [3.63, 3.8) is 0 Å². The highest BCUT2D eigenvalue weighted by Crippen LogP contribution is 2.22. The molecule has 3 nitrogen and oxygen atoms in total. The standard InChI is InChI=1S/C10H8N2O.C2H6/c1-7-6-11-12-4-2-8-3-5-13-10(8)9(7)12;1-2/h2-6H,1H3;1-2H3. The Kier molecular flexibility index (Phi) is 2.46. The molecule has 78 valence electrons. The highest BCUT2D eigenvalue weighted by Gasteiger charge is 2.06. The van der Waals surface area contributed by atoms with Crippen LogP contribution >= 0.6 is 0 Å². The first-order valence-electron chi connectivity index (χ1n) is 5.16. The van der Waals surface area contributed by atoms with E-state index in [1.54, 1.807) is 6.26 Å². The molecule has 3 heterocycles. The van der Waals surface area contributed by atoms with Crippen molar-refractivity contribution >= 4 is 16.5 Å². The fourth-order valence-electron chi connectivity index (χ4n) is 1.64. The Morgan fingerprint density at radius 2 is 2.07 bits per heavy atom. The molecule has 0 aromatic carbocycles. The number of hydrogen-bond acceptors (Lipinski definition) is 2. The number of aromatic nitrogens is 2. The summed E-state index contributed by atoms with van der Waals surface area (Å²) in [5.41, 5.74) is 3.11. The zero-order valence-corrected chi connectivity index (χ0v) is 9.19. The van der Waals surface area contributed by atoms with Gasteiger partial charge in [0.15, 0.2) is 5.58 Å². The van der Waals surface area contributed by atoms with Crippen molar-refractivity contribution < 1.29 is 4.42 Å². The second kappa shape index (κ2) is 3.77. The van der Waals surface area contributed by atoms with Gasteiger partial charge in [-0.05, 0) is 24.6 Å². The fourth-order valence-corrected chi connectivity index (χ4v) is 1.64. The molecule has 0 spiro atoms. The van der Waals surface area contributed by atoms with E-state index in [-0.39, 0.29) is 0 Å². The summed E-state index contributed by atoms with van der Waals surface area (Å²) in [6, 6.07) is 3.96. The van der Waals surface area contributed by atoms with Crippen LogP contribution in [0.15, 0.2) is 35.2 Å². The molecular weight excluding hydrogens is 188 g/mol. The normalized spacial score (nSPS) is 10.3. The number of aryl methyl sites for hydroxylation is 1. The van der Waals surface area contributed by atoms with Crippen molar-refractivity contribution in [2.45, 2.75) is 20.8 Å². The Hall–Kier alpha value is -1.77. The Bertz CT molecular complexity index is 577. The average molecular weight is 202 g/mol. The lowest BCUT2D eigenvalue weighted by atomic mass is 10.2. The molecule has 3 aromatic heterocycles. The van der Waals surface area contributed by atoms with E-state index in [1.165, 1.54) is 0 Å². The van der Waals surface area contributed by atoms with E-state index in [9.17, 15) is 0 Å². The van der Waals surface area contributed by atoms with Crippen molar-refractivity contribution in [2.75, 3.05) is 0 Å². The van der Waals surface area contributed by atoms with Crippen LogP contribution < -0.4 is 0 Å². The van der Waals surface area contributed by atoms with Gasteiger partial charge in [0.1, 0.15) is 5.52 Å². The van der Waals surface area contributed by atoms with Gasteiger partial charge in [0.25, 0.3) is 0 Å². The predicted octanol–water partition coefficient (Wildman–Crippen LogP) is 3.42. The van der Waals surface area contributed by atoms with E-state index in [2.05, 4.69) is 5.10 Å². The van der Waals surface area contributed by atoms with Gasteiger partial charge in [0.05, 0.1) is 12.5 Å². The minimum atomic E-state index is 0.914. The van der Waals surface area contributed by atoms with Crippen LogP contribution in [0.3, 0.4) is 0 Å². The summed E-state index contributed by atoms with van der Waals surface area (Å²) in [5, 5.41) is 5.33. The molecule has 0 aliphatic carbocycles. The number of rotatable bonds is 0. The van der Waals surface area contributed by atoms with Crippen LogP contribution in [-0.2, 0) is 0 Å². The second-order valence-electron chi connectivity index (χ2n) is 3.14. The van der Waals surface area contributed by atoms with E-state index >= 15 is 0 Å². The second-order valence-corrected chi connectivity index (χ2v) is 3.14. The van der Waals surface area contributed by atoms with Crippen LogP contribution in [0.2, 0.25) is 0 Å². The smallest absolute Gasteiger partial charge is 0.159 e. The van der Waals surface area contributed by atoms with Gasteiger partial charge in [-0.1, -0.05) is 13.8 Å². The van der Waals surface area contributed by atoms with E-state index < -0.39 is 0 Å². The molecule has 0 fully saturated rings. The quantitative estimate of drug-likeness (QED) is 0.559. The van der Waals surface area contributed by atoms with Crippen LogP contribution in [-0.4, -0.2) is 9.61 Å². The third-order valence-electron chi connectivity index (χ3n) is 2.28. The minimum absolute atomic E-state index is 0.914. The monoisotopic (exact) mass is 202 g/mol. The molecule has 0 aliphatic rings. The third-order valence-corrected chi connectivity index (χ3v) is 2.28. The van der Waals surface area contributed by atoms with Crippen LogP contribution in [0.1, 0.15) is 19.4 Å². The molecule has 3 aromatic rings. The average Bonchev–Trinajstić information content (AvgIpc) is 2.87. The predicted molar refractivity (Wildman–Crippen MR) is 61.0 cm³/mol. The van der Waals surface area contributed by atoms with E-state index in [4.69, 9.17) is 4.42 Å². The van der Waals surface area contributed by atoms with Gasteiger partial charge < -0.3 is 4.42 Å². The Balaban J connectivity index is 0.000000404. The third kappa shape index (κ3) is 1.40. The van der Waals surface area contributed by atoms with Crippen molar-refractivity contribution in [2.24, 2.45) is 0 Å². The van der Waals surface area contributed by atoms with Gasteiger partial charge in [0.2, 0.25) is 0 Å². The number of hydrogen-bond donors (Lipinski definition) is 0. The molecule has 0 aliphatic heterocycles. The van der Waals surface area contributed by atoms with E-state index in [0.29, 0.717) is 0 Å². The molecule has 0 bridgehead atoms. The Morgan fingerprint density at radius 1 is 1.27 bits per heavy atom. The molecule has 0 amide bonds. The summed E-state index contributed by atoms with van der Waals surface area (Å²) in [4.78, 5) is 0. The summed E-state index contributed by atoms with van der Waals surface area (Å²) in [6.07, 6.45) is 5.49. The minimum Gasteiger partial charge on any atom is -0.462 e. The van der Waals surface area contributed by atoms with Gasteiger partial charge in [0, 0.05) is 11.6 Å². The number of nitrogens with zero attached hydrogens (tertiary/aromatic N) is 2. The highest BCUT2D eigenvalue weighted by atomic mass is 16.3. The lowest BCUT2D eigenvalue weighted by Crippen LogP contribution is -1.84. The molecule has 0 saturated carbocycles. The maximum Gasteiger partial charge on any atom is 0.159 e. The Morgan fingerprint density at radius 3 is 2.87 bits per heavy atom. The summed E-state index contributed by atoms with van der Waals surface area (Å²) in [7, 11) is 0. The number of pyridine rings is 1. The summed E-state index contributed by atoms with van der Waals surface area (Å²) >= 11 is 0. The van der Waals surface area contributed by atoms with Crippen molar-refractivity contribution in [3.05, 3.63) is 36.4 Å². The molecule has 0 unspecified atom stereocenters. The van der Waals surface area contributed by atoms with Crippen molar-refractivity contribution in [1.29, 1.82) is 0 Å². The van der Waals surface area contributed by atoms with Crippen LogP contribution in [0.4, 0.5) is 0 Å².